The zero-order valence-corrected chi connectivity index (χ0v) is 15.2. The maximum absolute atomic E-state index is 12.4. The molecule has 1 saturated heterocycles. The number of carbonyl (C=O) groups is 1. The second-order valence-electron chi connectivity index (χ2n) is 6.11. The minimum Gasteiger partial charge on any atom is -0.492 e. The largest absolute Gasteiger partial charge is 0.492 e. The fraction of sp³-hybridized carbons (Fsp3) is 0.421. The van der Waals surface area contributed by atoms with Crippen LogP contribution in [0.3, 0.4) is 0 Å². The second-order valence-corrected chi connectivity index (χ2v) is 7.05. The highest BCUT2D eigenvalue weighted by molar-refractivity contribution is 7.10. The number of hydrogen-bond donors (Lipinski definition) is 2. The van der Waals surface area contributed by atoms with Gasteiger partial charge in [-0.1, -0.05) is 18.2 Å². The van der Waals surface area contributed by atoms with Crippen LogP contribution in [-0.4, -0.2) is 32.4 Å². The van der Waals surface area contributed by atoms with Crippen LogP contribution in [0.15, 0.2) is 41.8 Å². The second kappa shape index (κ2) is 8.36. The van der Waals surface area contributed by atoms with Crippen LogP contribution in [0.4, 0.5) is 10.5 Å². The normalized spacial score (nSPS) is 16.2. The molecule has 0 unspecified atom stereocenters. The number of urea groups is 1. The average molecular weight is 360 g/mol. The molecule has 1 aromatic heterocycles. The Labute approximate surface area is 152 Å². The van der Waals surface area contributed by atoms with Crippen LogP contribution in [0, 0.1) is 0 Å². The van der Waals surface area contributed by atoms with Gasteiger partial charge in [-0.15, -0.1) is 11.3 Å². The number of amides is 2. The highest BCUT2D eigenvalue weighted by Gasteiger charge is 2.35. The van der Waals surface area contributed by atoms with Crippen molar-refractivity contribution in [2.24, 2.45) is 0 Å². The molecule has 6 heteroatoms. The topological polar surface area (TPSA) is 59.6 Å². The van der Waals surface area contributed by atoms with Crippen molar-refractivity contribution in [3.63, 3.8) is 0 Å². The Hall–Kier alpha value is -2.05. The first-order valence-electron chi connectivity index (χ1n) is 8.62. The van der Waals surface area contributed by atoms with Crippen molar-refractivity contribution < 1.29 is 14.3 Å². The molecule has 0 aliphatic carbocycles. The standard InChI is InChI=1S/C19H24N2O3S/c1-2-24-16-7-4-3-6-15(16)21-18(22)20-14-19(9-11-23-12-10-19)17-8-5-13-25-17/h3-8,13H,2,9-12,14H2,1H3,(H2,20,21,22). The fourth-order valence-electron chi connectivity index (χ4n) is 3.12. The Morgan fingerprint density at radius 1 is 1.24 bits per heavy atom. The number of rotatable bonds is 6. The van der Waals surface area contributed by atoms with Crippen molar-refractivity contribution >= 4 is 23.1 Å². The molecule has 1 aromatic carbocycles. The molecule has 5 nitrogen and oxygen atoms in total. The van der Waals surface area contributed by atoms with Crippen molar-refractivity contribution in [3.05, 3.63) is 46.7 Å². The number of anilines is 1. The van der Waals surface area contributed by atoms with Crippen LogP contribution in [0.1, 0.15) is 24.6 Å². The van der Waals surface area contributed by atoms with Gasteiger partial charge in [0.25, 0.3) is 0 Å². The predicted octanol–water partition coefficient (Wildman–Crippen LogP) is 4.02. The molecule has 3 rings (SSSR count). The number of thiophene rings is 1. The van der Waals surface area contributed by atoms with E-state index in [2.05, 4.69) is 28.1 Å². The van der Waals surface area contributed by atoms with Gasteiger partial charge < -0.3 is 20.1 Å². The van der Waals surface area contributed by atoms with Gasteiger partial charge in [0, 0.05) is 30.1 Å². The third-order valence-electron chi connectivity index (χ3n) is 4.52. The molecule has 0 saturated carbocycles. The van der Waals surface area contributed by atoms with E-state index < -0.39 is 0 Å². The van der Waals surface area contributed by atoms with E-state index in [1.54, 1.807) is 11.3 Å². The molecule has 0 radical (unpaired) electrons. The first-order valence-corrected chi connectivity index (χ1v) is 9.50. The van der Waals surface area contributed by atoms with E-state index in [4.69, 9.17) is 9.47 Å². The van der Waals surface area contributed by atoms with E-state index in [1.165, 1.54) is 4.88 Å². The smallest absolute Gasteiger partial charge is 0.319 e. The molecule has 1 fully saturated rings. The summed E-state index contributed by atoms with van der Waals surface area (Å²) in [5, 5.41) is 8.03. The Balaban J connectivity index is 1.64. The van der Waals surface area contributed by atoms with Gasteiger partial charge in [0.1, 0.15) is 5.75 Å². The molecular weight excluding hydrogens is 336 g/mol. The lowest BCUT2D eigenvalue weighted by Crippen LogP contribution is -2.45. The lowest BCUT2D eigenvalue weighted by molar-refractivity contribution is 0.0521. The summed E-state index contributed by atoms with van der Waals surface area (Å²) >= 11 is 1.75. The molecule has 2 aromatic rings. The Morgan fingerprint density at radius 3 is 2.76 bits per heavy atom. The van der Waals surface area contributed by atoms with Gasteiger partial charge in [-0.3, -0.25) is 0 Å². The zero-order chi connectivity index (χ0) is 17.5. The minimum absolute atomic E-state index is 0.0385. The molecule has 0 bridgehead atoms. The van der Waals surface area contributed by atoms with E-state index in [9.17, 15) is 4.79 Å². The Morgan fingerprint density at radius 2 is 2.04 bits per heavy atom. The molecule has 25 heavy (non-hydrogen) atoms. The molecule has 134 valence electrons. The molecule has 0 atom stereocenters. The monoisotopic (exact) mass is 360 g/mol. The average Bonchev–Trinajstić information content (AvgIpc) is 3.18. The van der Waals surface area contributed by atoms with Gasteiger partial charge in [-0.25, -0.2) is 4.79 Å². The van der Waals surface area contributed by atoms with E-state index in [-0.39, 0.29) is 11.4 Å². The molecule has 2 N–H and O–H groups in total. The van der Waals surface area contributed by atoms with Crippen LogP contribution in [0.25, 0.3) is 0 Å². The molecular formula is C19H24N2O3S. The highest BCUT2D eigenvalue weighted by Crippen LogP contribution is 2.37. The van der Waals surface area contributed by atoms with Crippen LogP contribution in [0.5, 0.6) is 5.75 Å². The van der Waals surface area contributed by atoms with Gasteiger partial charge in [0.2, 0.25) is 0 Å². The third kappa shape index (κ3) is 4.32. The maximum Gasteiger partial charge on any atom is 0.319 e. The highest BCUT2D eigenvalue weighted by atomic mass is 32.1. The zero-order valence-electron chi connectivity index (χ0n) is 14.4. The van der Waals surface area contributed by atoms with E-state index in [0.717, 1.165) is 26.1 Å². The number of ether oxygens (including phenoxy) is 2. The van der Waals surface area contributed by atoms with Crippen LogP contribution >= 0.6 is 11.3 Å². The maximum atomic E-state index is 12.4. The van der Waals surface area contributed by atoms with E-state index >= 15 is 0 Å². The molecule has 2 amide bonds. The first-order chi connectivity index (χ1) is 12.2. The van der Waals surface area contributed by atoms with Crippen molar-refractivity contribution in [3.8, 4) is 5.75 Å². The molecule has 1 aliphatic heterocycles. The summed E-state index contributed by atoms with van der Waals surface area (Å²) < 4.78 is 11.1. The summed E-state index contributed by atoms with van der Waals surface area (Å²) in [4.78, 5) is 13.7. The summed E-state index contributed by atoms with van der Waals surface area (Å²) in [7, 11) is 0. The van der Waals surface area contributed by atoms with Gasteiger partial charge >= 0.3 is 6.03 Å². The SMILES string of the molecule is CCOc1ccccc1NC(=O)NCC1(c2cccs2)CCOCC1. The Bertz CT molecular complexity index is 682. The summed E-state index contributed by atoms with van der Waals surface area (Å²) in [6, 6.07) is 11.5. The van der Waals surface area contributed by atoms with Gasteiger partial charge in [-0.2, -0.15) is 0 Å². The predicted molar refractivity (Wildman–Crippen MR) is 101 cm³/mol. The third-order valence-corrected chi connectivity index (χ3v) is 5.63. The molecule has 1 aliphatic rings. The van der Waals surface area contributed by atoms with Crippen molar-refractivity contribution in [1.29, 1.82) is 0 Å². The lowest BCUT2D eigenvalue weighted by atomic mass is 9.78. The molecule has 2 heterocycles. The summed E-state index contributed by atoms with van der Waals surface area (Å²) in [6.45, 7) is 4.54. The Kier molecular flexibility index (Phi) is 5.94. The number of benzene rings is 1. The van der Waals surface area contributed by atoms with Crippen molar-refractivity contribution in [2.45, 2.75) is 25.2 Å². The quantitative estimate of drug-likeness (QED) is 0.818. The molecule has 0 spiro atoms. The minimum atomic E-state index is -0.213. The first kappa shape index (κ1) is 17.8. The van der Waals surface area contributed by atoms with Gasteiger partial charge in [-0.05, 0) is 43.3 Å². The van der Waals surface area contributed by atoms with Gasteiger partial charge in [0.05, 0.1) is 12.3 Å². The van der Waals surface area contributed by atoms with Crippen LogP contribution in [-0.2, 0) is 10.2 Å². The number of hydrogen-bond acceptors (Lipinski definition) is 4. The number of nitrogens with one attached hydrogen (secondary N) is 2. The lowest BCUT2D eigenvalue weighted by Gasteiger charge is -2.36. The van der Waals surface area contributed by atoms with E-state index in [1.807, 2.05) is 31.2 Å². The van der Waals surface area contributed by atoms with Crippen LogP contribution in [0.2, 0.25) is 0 Å². The van der Waals surface area contributed by atoms with Crippen molar-refractivity contribution in [2.75, 3.05) is 31.7 Å². The summed E-state index contributed by atoms with van der Waals surface area (Å²) in [5.41, 5.74) is 0.641. The number of carbonyl (C=O) groups excluding carboxylic acids is 1. The van der Waals surface area contributed by atoms with E-state index in [0.29, 0.717) is 24.6 Å². The van der Waals surface area contributed by atoms with Crippen LogP contribution < -0.4 is 15.4 Å². The van der Waals surface area contributed by atoms with Crippen molar-refractivity contribution in [1.82, 2.24) is 5.32 Å². The summed E-state index contributed by atoms with van der Waals surface area (Å²) in [6.07, 6.45) is 1.84. The number of para-hydroxylation sites is 2. The summed E-state index contributed by atoms with van der Waals surface area (Å²) in [5.74, 6) is 0.680. The fourth-order valence-corrected chi connectivity index (χ4v) is 4.11. The van der Waals surface area contributed by atoms with Gasteiger partial charge in [0.15, 0.2) is 0 Å².